The number of rotatable bonds is 9. The molecule has 8 nitrogen and oxygen atoms in total. The summed E-state index contributed by atoms with van der Waals surface area (Å²) < 4.78 is 14.2. The number of urea groups is 1. The number of carboxylic acid groups (broad SMARTS) is 1. The monoisotopic (exact) mass is 593 g/mol. The van der Waals surface area contributed by atoms with E-state index < -0.39 is 42.1 Å². The van der Waals surface area contributed by atoms with Crippen LogP contribution in [0.15, 0.2) is 103 Å². The normalized spacial score (nSPS) is 20.2. The second-order valence-electron chi connectivity index (χ2n) is 11.0. The Morgan fingerprint density at radius 3 is 1.73 bits per heavy atom. The van der Waals surface area contributed by atoms with Gasteiger partial charge in [-0.15, -0.1) is 0 Å². The van der Waals surface area contributed by atoms with E-state index in [1.807, 2.05) is 66.7 Å². The molecule has 5 rings (SSSR count). The van der Waals surface area contributed by atoms with Crippen LogP contribution in [0.5, 0.6) is 0 Å². The summed E-state index contributed by atoms with van der Waals surface area (Å²) in [5.41, 5.74) is 2.57. The number of halogens is 1. The SMILES string of the molecule is N#Cc1cc(CN2C(=O)N(Cc3cccc(C(=O)O)c3)[C@H](Cc3ccccc3)[C@H](O)[C@@H](O)[C@H]2Cc2ccccc2)ccc1F. The number of aromatic carboxylic acids is 1. The highest BCUT2D eigenvalue weighted by Gasteiger charge is 2.46. The molecule has 0 unspecified atom stereocenters. The van der Waals surface area contributed by atoms with Gasteiger partial charge in [-0.25, -0.2) is 14.0 Å². The number of amides is 2. The maximum Gasteiger partial charge on any atom is 0.335 e. The average molecular weight is 594 g/mol. The number of hydrogen-bond acceptors (Lipinski definition) is 5. The molecule has 0 spiro atoms. The Labute approximate surface area is 254 Å². The number of aliphatic hydroxyl groups is 2. The molecule has 1 saturated heterocycles. The molecule has 4 atom stereocenters. The number of hydrogen-bond donors (Lipinski definition) is 3. The molecular weight excluding hydrogens is 561 g/mol. The third-order valence-corrected chi connectivity index (χ3v) is 8.04. The maximum absolute atomic E-state index is 14.7. The summed E-state index contributed by atoms with van der Waals surface area (Å²) in [6.07, 6.45) is -2.30. The van der Waals surface area contributed by atoms with Gasteiger partial charge in [0.05, 0.1) is 23.2 Å². The van der Waals surface area contributed by atoms with Crippen molar-refractivity contribution >= 4 is 12.0 Å². The first-order chi connectivity index (χ1) is 21.2. The maximum atomic E-state index is 14.7. The van der Waals surface area contributed by atoms with Crippen LogP contribution in [0.25, 0.3) is 0 Å². The van der Waals surface area contributed by atoms with Gasteiger partial charge in [-0.3, -0.25) is 0 Å². The van der Waals surface area contributed by atoms with Crippen LogP contribution in [0.3, 0.4) is 0 Å². The van der Waals surface area contributed by atoms with Gasteiger partial charge in [0.2, 0.25) is 0 Å². The molecule has 3 N–H and O–H groups in total. The second-order valence-corrected chi connectivity index (χ2v) is 11.0. The summed E-state index contributed by atoms with van der Waals surface area (Å²) in [4.78, 5) is 29.3. The van der Waals surface area contributed by atoms with Gasteiger partial charge in [0.1, 0.15) is 24.1 Å². The Bertz CT molecular complexity index is 1660. The van der Waals surface area contributed by atoms with E-state index >= 15 is 0 Å². The first-order valence-electron chi connectivity index (χ1n) is 14.3. The van der Waals surface area contributed by atoms with Gasteiger partial charge in [-0.2, -0.15) is 5.26 Å². The molecule has 0 bridgehead atoms. The summed E-state index contributed by atoms with van der Waals surface area (Å²) in [6, 6.07) is 28.4. The van der Waals surface area contributed by atoms with E-state index in [0.717, 1.165) is 11.1 Å². The molecule has 44 heavy (non-hydrogen) atoms. The van der Waals surface area contributed by atoms with Crippen LogP contribution < -0.4 is 0 Å². The van der Waals surface area contributed by atoms with Gasteiger partial charge in [-0.1, -0.05) is 78.9 Å². The quantitative estimate of drug-likeness (QED) is 0.257. The van der Waals surface area contributed by atoms with E-state index in [9.17, 15) is 34.6 Å². The van der Waals surface area contributed by atoms with Gasteiger partial charge in [-0.05, 0) is 59.4 Å². The molecule has 1 fully saturated rings. The Kier molecular flexibility index (Phi) is 9.34. The highest BCUT2D eigenvalue weighted by atomic mass is 19.1. The first kappa shape index (κ1) is 30.4. The van der Waals surface area contributed by atoms with Gasteiger partial charge >= 0.3 is 12.0 Å². The molecule has 4 aromatic carbocycles. The molecule has 0 aliphatic carbocycles. The van der Waals surface area contributed by atoms with Crippen molar-refractivity contribution in [1.82, 2.24) is 9.80 Å². The molecule has 0 aromatic heterocycles. The topological polar surface area (TPSA) is 125 Å². The third-order valence-electron chi connectivity index (χ3n) is 8.04. The van der Waals surface area contributed by atoms with Crippen molar-refractivity contribution < 1.29 is 29.3 Å². The number of aliphatic hydroxyl groups excluding tert-OH is 2. The van der Waals surface area contributed by atoms with Crippen molar-refractivity contribution in [2.75, 3.05) is 0 Å². The fraction of sp³-hybridized carbons (Fsp3) is 0.229. The standard InChI is InChI=1S/C35H32FN3O5/c36-29-15-14-26(17-28(29)20-37)22-39-31(19-24-10-5-2-6-11-24)33(41)32(40)30(18-23-8-3-1-4-9-23)38(35(39)44)21-25-12-7-13-27(16-25)34(42)43/h1-17,30-33,40-41H,18-19,21-22H2,(H,42,43)/t30-,31-,32+,33+/m1/s1. The zero-order valence-corrected chi connectivity index (χ0v) is 23.8. The predicted octanol–water partition coefficient (Wildman–Crippen LogP) is 4.78. The Morgan fingerprint density at radius 2 is 1.23 bits per heavy atom. The predicted molar refractivity (Wildman–Crippen MR) is 161 cm³/mol. The van der Waals surface area contributed by atoms with E-state index in [1.54, 1.807) is 12.1 Å². The average Bonchev–Trinajstić information content (AvgIpc) is 3.10. The lowest BCUT2D eigenvalue weighted by Crippen LogP contribution is -2.50. The molecule has 224 valence electrons. The van der Waals surface area contributed by atoms with Gasteiger partial charge in [0.25, 0.3) is 0 Å². The number of nitriles is 1. The smallest absolute Gasteiger partial charge is 0.335 e. The van der Waals surface area contributed by atoms with E-state index in [-0.39, 0.29) is 37.1 Å². The molecule has 1 aliphatic heterocycles. The highest BCUT2D eigenvalue weighted by Crippen LogP contribution is 2.30. The molecule has 1 aliphatic rings. The molecule has 1 heterocycles. The molecule has 2 amide bonds. The minimum Gasteiger partial charge on any atom is -0.478 e. The molecule has 0 saturated carbocycles. The van der Waals surface area contributed by atoms with Gasteiger partial charge in [0, 0.05) is 13.1 Å². The molecule has 0 radical (unpaired) electrons. The fourth-order valence-electron chi connectivity index (χ4n) is 5.77. The molecule has 9 heteroatoms. The zero-order chi connectivity index (χ0) is 31.2. The van der Waals surface area contributed by atoms with Crippen LogP contribution in [0, 0.1) is 17.1 Å². The third kappa shape index (κ3) is 6.78. The Hall–Kier alpha value is -5.04. The van der Waals surface area contributed by atoms with Crippen LogP contribution in [-0.4, -0.2) is 61.4 Å². The Morgan fingerprint density at radius 1 is 0.727 bits per heavy atom. The number of carboxylic acids is 1. The first-order valence-corrected chi connectivity index (χ1v) is 14.3. The van der Waals surface area contributed by atoms with Crippen LogP contribution in [0.1, 0.15) is 38.2 Å². The van der Waals surface area contributed by atoms with E-state index in [1.165, 1.54) is 40.1 Å². The minimum atomic E-state index is -1.38. The summed E-state index contributed by atoms with van der Waals surface area (Å²) in [5.74, 6) is -1.79. The zero-order valence-electron chi connectivity index (χ0n) is 23.8. The number of carbonyl (C=O) groups excluding carboxylic acids is 1. The lowest BCUT2D eigenvalue weighted by molar-refractivity contribution is -0.0408. The minimum absolute atomic E-state index is 0.0390. The van der Waals surface area contributed by atoms with Crippen molar-refractivity contribution in [2.45, 2.75) is 50.2 Å². The number of carbonyl (C=O) groups is 2. The van der Waals surface area contributed by atoms with Crippen molar-refractivity contribution in [1.29, 1.82) is 5.26 Å². The Balaban J connectivity index is 1.61. The summed E-state index contributed by atoms with van der Waals surface area (Å²) in [6.45, 7) is -0.110. The number of benzene rings is 4. The van der Waals surface area contributed by atoms with Crippen molar-refractivity contribution in [3.8, 4) is 6.07 Å². The summed E-state index contributed by atoms with van der Waals surface area (Å²) in [5, 5.41) is 42.5. The second kappa shape index (κ2) is 13.5. The number of nitrogens with zero attached hydrogens (tertiary/aromatic N) is 3. The summed E-state index contributed by atoms with van der Waals surface area (Å²) >= 11 is 0. The van der Waals surface area contributed by atoms with Crippen LogP contribution in [0.2, 0.25) is 0 Å². The molecule has 4 aromatic rings. The van der Waals surface area contributed by atoms with Crippen LogP contribution >= 0.6 is 0 Å². The van der Waals surface area contributed by atoms with Crippen LogP contribution in [-0.2, 0) is 25.9 Å². The van der Waals surface area contributed by atoms with Crippen molar-refractivity contribution in [2.24, 2.45) is 0 Å². The van der Waals surface area contributed by atoms with Crippen molar-refractivity contribution in [3.05, 3.63) is 142 Å². The summed E-state index contributed by atoms with van der Waals surface area (Å²) in [7, 11) is 0. The van der Waals surface area contributed by atoms with Gasteiger partial charge < -0.3 is 25.1 Å². The van der Waals surface area contributed by atoms with E-state index in [0.29, 0.717) is 11.1 Å². The molecular formula is C35H32FN3O5. The van der Waals surface area contributed by atoms with E-state index in [4.69, 9.17) is 0 Å². The van der Waals surface area contributed by atoms with Crippen LogP contribution in [0.4, 0.5) is 9.18 Å². The van der Waals surface area contributed by atoms with E-state index in [2.05, 4.69) is 0 Å². The van der Waals surface area contributed by atoms with Gasteiger partial charge in [0.15, 0.2) is 0 Å². The highest BCUT2D eigenvalue weighted by molar-refractivity contribution is 5.87. The van der Waals surface area contributed by atoms with Crippen molar-refractivity contribution in [3.63, 3.8) is 0 Å². The largest absolute Gasteiger partial charge is 0.478 e. The lowest BCUT2D eigenvalue weighted by Gasteiger charge is -2.36. The fourth-order valence-corrected chi connectivity index (χ4v) is 5.77. The lowest BCUT2D eigenvalue weighted by atomic mass is 9.91.